The number of hydrogen-bond donors (Lipinski definition) is 4. The average molecular weight is 734 g/mol. The van der Waals surface area contributed by atoms with E-state index in [1.54, 1.807) is 57.0 Å². The average Bonchev–Trinajstić information content (AvgIpc) is 3.80. The molecule has 0 aliphatic carbocycles. The molecule has 0 saturated carbocycles. The largest absolute Gasteiger partial charge is 0.480 e. The minimum Gasteiger partial charge on any atom is -0.480 e. The van der Waals surface area contributed by atoms with Gasteiger partial charge in [0.05, 0.1) is 36.6 Å². The predicted octanol–water partition coefficient (Wildman–Crippen LogP) is 2.56. The second kappa shape index (κ2) is 19.5. The lowest BCUT2D eigenvalue weighted by Gasteiger charge is -2.41. The first kappa shape index (κ1) is 42.8. The van der Waals surface area contributed by atoms with Crippen LogP contribution in [-0.4, -0.2) is 127 Å². The lowest BCUT2D eigenvalue weighted by molar-refractivity contribution is -0.148. The van der Waals surface area contributed by atoms with Gasteiger partial charge in [-0.3, -0.25) is 19.2 Å². The Morgan fingerprint density at radius 3 is 2.29 bits per heavy atom. The van der Waals surface area contributed by atoms with Gasteiger partial charge in [0.1, 0.15) is 12.1 Å². The molecule has 0 aromatic heterocycles. The molecule has 2 saturated heterocycles. The molecule has 1 aromatic carbocycles. The van der Waals surface area contributed by atoms with E-state index in [2.05, 4.69) is 16.0 Å². The van der Waals surface area contributed by atoms with Crippen LogP contribution in [0.5, 0.6) is 0 Å². The highest BCUT2D eigenvalue weighted by Gasteiger charge is 2.46. The zero-order valence-electron chi connectivity index (χ0n) is 32.0. The molecule has 0 radical (unpaired) electrons. The smallest absolute Gasteiger partial charge is 0.326 e. The summed E-state index contributed by atoms with van der Waals surface area (Å²) in [5.74, 6) is -4.31. The van der Waals surface area contributed by atoms with Gasteiger partial charge < -0.3 is 40.3 Å². The summed E-state index contributed by atoms with van der Waals surface area (Å²) in [6.07, 6.45) is 0.585. The number of carboxylic acid groups (broad SMARTS) is 1. The third kappa shape index (κ3) is 10.5. The molecule has 52 heavy (non-hydrogen) atoms. The molecule has 9 unspecified atom stereocenters. The maximum absolute atomic E-state index is 15.3. The van der Waals surface area contributed by atoms with Crippen LogP contribution in [0.2, 0.25) is 0 Å². The van der Waals surface area contributed by atoms with E-state index in [1.807, 2.05) is 19.9 Å². The van der Waals surface area contributed by atoms with E-state index < -0.39 is 71.7 Å². The van der Waals surface area contributed by atoms with Gasteiger partial charge >= 0.3 is 5.97 Å². The SMILES string of the molecule is CCC(C)C(C(CC(=O)N1CCCC1C(OC)C(C)C(=O)NC(Cc1ccccc1)C(=O)O)OC)N(C)C(=O)C(NC(=O)C1(F)CCNC1)C(C)C. The molecule has 2 fully saturated rings. The highest BCUT2D eigenvalue weighted by atomic mass is 19.1. The highest BCUT2D eigenvalue weighted by Crippen LogP contribution is 2.30. The number of hydrogen-bond acceptors (Lipinski definition) is 8. The summed E-state index contributed by atoms with van der Waals surface area (Å²) < 4.78 is 27.0. The van der Waals surface area contributed by atoms with Crippen LogP contribution in [0.15, 0.2) is 30.3 Å². The molecule has 2 aliphatic heterocycles. The number of carbonyl (C=O) groups excluding carboxylic acids is 4. The fourth-order valence-corrected chi connectivity index (χ4v) is 7.52. The molecule has 9 atom stereocenters. The number of methoxy groups -OCH3 is 2. The number of rotatable bonds is 19. The van der Waals surface area contributed by atoms with Crippen molar-refractivity contribution in [3.05, 3.63) is 35.9 Å². The lowest BCUT2D eigenvalue weighted by Crippen LogP contribution is -2.59. The topological polar surface area (TPSA) is 167 Å². The first-order valence-electron chi connectivity index (χ1n) is 18.5. The van der Waals surface area contributed by atoms with Gasteiger partial charge in [0, 0.05) is 47.2 Å². The highest BCUT2D eigenvalue weighted by molar-refractivity contribution is 5.92. The van der Waals surface area contributed by atoms with Crippen molar-refractivity contribution in [1.82, 2.24) is 25.8 Å². The van der Waals surface area contributed by atoms with Crippen LogP contribution < -0.4 is 16.0 Å². The number of amides is 4. The van der Waals surface area contributed by atoms with E-state index in [-0.39, 0.29) is 43.6 Å². The Morgan fingerprint density at radius 1 is 1.08 bits per heavy atom. The second-order valence-electron chi connectivity index (χ2n) is 14.8. The van der Waals surface area contributed by atoms with Crippen molar-refractivity contribution in [2.24, 2.45) is 17.8 Å². The molecule has 3 rings (SSSR count). The molecular formula is C38H60FN5O8. The van der Waals surface area contributed by atoms with E-state index in [9.17, 15) is 29.1 Å². The van der Waals surface area contributed by atoms with Crippen molar-refractivity contribution in [2.75, 3.05) is 40.9 Å². The van der Waals surface area contributed by atoms with Crippen LogP contribution in [0.3, 0.4) is 0 Å². The van der Waals surface area contributed by atoms with Crippen molar-refractivity contribution in [3.63, 3.8) is 0 Å². The second-order valence-corrected chi connectivity index (χ2v) is 14.8. The van der Waals surface area contributed by atoms with Gasteiger partial charge in [0.2, 0.25) is 23.4 Å². The Kier molecular flexibility index (Phi) is 16.0. The van der Waals surface area contributed by atoms with E-state index in [0.717, 1.165) is 5.56 Å². The maximum atomic E-state index is 15.3. The van der Waals surface area contributed by atoms with Gasteiger partial charge in [-0.25, -0.2) is 9.18 Å². The van der Waals surface area contributed by atoms with Crippen molar-refractivity contribution in [1.29, 1.82) is 0 Å². The van der Waals surface area contributed by atoms with E-state index in [1.165, 1.54) is 19.1 Å². The number of nitrogens with zero attached hydrogens (tertiary/aromatic N) is 2. The van der Waals surface area contributed by atoms with Crippen LogP contribution in [0.4, 0.5) is 4.39 Å². The summed E-state index contributed by atoms with van der Waals surface area (Å²) in [5.41, 5.74) is -1.32. The lowest BCUT2D eigenvalue weighted by atomic mass is 9.89. The minimum absolute atomic E-state index is 0.0268. The Hall–Kier alpha value is -3.62. The quantitative estimate of drug-likeness (QED) is 0.167. The molecule has 13 nitrogen and oxygen atoms in total. The van der Waals surface area contributed by atoms with Gasteiger partial charge in [-0.1, -0.05) is 71.4 Å². The fraction of sp³-hybridized carbons (Fsp3) is 0.711. The molecule has 1 aromatic rings. The third-order valence-corrected chi connectivity index (χ3v) is 10.9. The van der Waals surface area contributed by atoms with Gasteiger partial charge in [0.15, 0.2) is 0 Å². The van der Waals surface area contributed by atoms with Crippen molar-refractivity contribution in [3.8, 4) is 0 Å². The van der Waals surface area contributed by atoms with Crippen LogP contribution in [0, 0.1) is 17.8 Å². The molecule has 4 N–H and O–H groups in total. The number of alkyl halides is 1. The number of ether oxygens (including phenoxy) is 2. The summed E-state index contributed by atoms with van der Waals surface area (Å²) in [7, 11) is 4.60. The maximum Gasteiger partial charge on any atom is 0.326 e. The standard InChI is InChI=1S/C38H60FN5O8/c1-9-24(4)32(43(6)35(47)31(23(2)3)42-37(50)38(39)17-18-40-22-38)29(51-7)21-30(45)44-19-13-16-28(44)33(52-8)25(5)34(46)41-27(36(48)49)20-26-14-11-10-12-15-26/h10-12,14-15,23-25,27-29,31-33,40H,9,13,16-22H2,1-8H3,(H,41,46)(H,42,50)(H,48,49). The van der Waals surface area contributed by atoms with Gasteiger partial charge in [-0.05, 0) is 36.8 Å². The van der Waals surface area contributed by atoms with Gasteiger partial charge in [-0.2, -0.15) is 0 Å². The monoisotopic (exact) mass is 733 g/mol. The molecule has 2 aliphatic rings. The molecule has 4 amide bonds. The summed E-state index contributed by atoms with van der Waals surface area (Å²) in [4.78, 5) is 69.8. The number of likely N-dealkylation sites (N-methyl/N-ethyl adjacent to an activating group) is 1. The van der Waals surface area contributed by atoms with Crippen LogP contribution in [-0.2, 0) is 39.9 Å². The molecule has 292 valence electrons. The van der Waals surface area contributed by atoms with Crippen molar-refractivity contribution < 1.29 is 42.9 Å². The van der Waals surface area contributed by atoms with Crippen LogP contribution >= 0.6 is 0 Å². The third-order valence-electron chi connectivity index (χ3n) is 10.9. The molecule has 14 heteroatoms. The van der Waals surface area contributed by atoms with Crippen LogP contribution in [0.25, 0.3) is 0 Å². The van der Waals surface area contributed by atoms with Gasteiger partial charge in [-0.15, -0.1) is 0 Å². The Bertz CT molecular complexity index is 1360. The molecule has 0 spiro atoms. The first-order chi connectivity index (χ1) is 24.6. The zero-order chi connectivity index (χ0) is 38.7. The number of carboxylic acids is 1. The van der Waals surface area contributed by atoms with E-state index in [4.69, 9.17) is 9.47 Å². The number of nitrogens with one attached hydrogen (secondary N) is 3. The Balaban J connectivity index is 1.76. The zero-order valence-corrected chi connectivity index (χ0v) is 32.0. The first-order valence-corrected chi connectivity index (χ1v) is 18.5. The summed E-state index contributed by atoms with van der Waals surface area (Å²) in [6.45, 7) is 9.89. The molecule has 0 bridgehead atoms. The number of carbonyl (C=O) groups is 5. The number of benzene rings is 1. The molecule has 2 heterocycles. The summed E-state index contributed by atoms with van der Waals surface area (Å²) >= 11 is 0. The summed E-state index contributed by atoms with van der Waals surface area (Å²) in [5, 5.41) is 18.0. The summed E-state index contributed by atoms with van der Waals surface area (Å²) in [6, 6.07) is 5.90. The van der Waals surface area contributed by atoms with Gasteiger partial charge in [0.25, 0.3) is 5.91 Å². The Labute approximate surface area is 307 Å². The van der Waals surface area contributed by atoms with E-state index >= 15 is 4.39 Å². The van der Waals surface area contributed by atoms with Crippen LogP contribution in [0.1, 0.15) is 72.3 Å². The molecular weight excluding hydrogens is 673 g/mol. The predicted molar refractivity (Wildman–Crippen MR) is 194 cm³/mol. The van der Waals surface area contributed by atoms with Crippen molar-refractivity contribution >= 4 is 29.6 Å². The number of likely N-dealkylation sites (tertiary alicyclic amines) is 1. The number of aliphatic carboxylic acids is 1. The van der Waals surface area contributed by atoms with E-state index in [0.29, 0.717) is 32.4 Å². The fourth-order valence-electron chi connectivity index (χ4n) is 7.52. The van der Waals surface area contributed by atoms with Crippen molar-refractivity contribution in [2.45, 2.75) is 115 Å². The number of halogens is 1. The minimum atomic E-state index is -2.09. The normalized spacial score (nSPS) is 22.9. The Morgan fingerprint density at radius 2 is 1.75 bits per heavy atom.